The number of carbonyl (C=O) groups is 1. The zero-order chi connectivity index (χ0) is 15.5. The number of para-hydroxylation sites is 1. The molecule has 0 atom stereocenters. The van der Waals surface area contributed by atoms with Gasteiger partial charge in [-0.2, -0.15) is 0 Å². The summed E-state index contributed by atoms with van der Waals surface area (Å²) in [6.07, 6.45) is 0. The summed E-state index contributed by atoms with van der Waals surface area (Å²) < 4.78 is 14.8. The van der Waals surface area contributed by atoms with Gasteiger partial charge in [0.05, 0.1) is 5.69 Å². The van der Waals surface area contributed by atoms with Crippen molar-refractivity contribution in [3.63, 3.8) is 0 Å². The van der Waals surface area contributed by atoms with Gasteiger partial charge < -0.3 is 9.80 Å². The largest absolute Gasteiger partial charge is 0.366 e. The number of rotatable bonds is 2. The molecule has 5 heteroatoms. The van der Waals surface area contributed by atoms with Crippen LogP contribution >= 0.6 is 15.9 Å². The standard InChI is InChI=1S/C17H16BrFN2O/c18-14-7-5-13(6-8-14)17(22)21-11-9-20(10-12-21)16-4-2-1-3-15(16)19/h1-8H,9-12H2. The Morgan fingerprint density at radius 2 is 1.59 bits per heavy atom. The number of piperazine rings is 1. The van der Waals surface area contributed by atoms with Crippen LogP contribution in [0.25, 0.3) is 0 Å². The average Bonchev–Trinajstić information content (AvgIpc) is 2.56. The smallest absolute Gasteiger partial charge is 0.253 e. The Hall–Kier alpha value is -1.88. The number of amides is 1. The van der Waals surface area contributed by atoms with Crippen LogP contribution in [0.5, 0.6) is 0 Å². The fourth-order valence-electron chi connectivity index (χ4n) is 2.63. The van der Waals surface area contributed by atoms with E-state index in [-0.39, 0.29) is 11.7 Å². The van der Waals surface area contributed by atoms with Gasteiger partial charge in [-0.25, -0.2) is 4.39 Å². The second kappa shape index (κ2) is 6.48. The molecular formula is C17H16BrFN2O. The van der Waals surface area contributed by atoms with Crippen molar-refractivity contribution in [2.24, 2.45) is 0 Å². The second-order valence-corrected chi connectivity index (χ2v) is 6.15. The van der Waals surface area contributed by atoms with Gasteiger partial charge >= 0.3 is 0 Å². The molecule has 1 fully saturated rings. The van der Waals surface area contributed by atoms with E-state index >= 15 is 0 Å². The van der Waals surface area contributed by atoms with Gasteiger partial charge in [0.2, 0.25) is 0 Å². The molecule has 0 spiro atoms. The first kappa shape index (κ1) is 15.0. The maximum absolute atomic E-state index is 13.8. The highest BCUT2D eigenvalue weighted by Gasteiger charge is 2.23. The van der Waals surface area contributed by atoms with E-state index in [9.17, 15) is 9.18 Å². The minimum atomic E-state index is -0.213. The molecule has 0 aromatic heterocycles. The average molecular weight is 363 g/mol. The molecule has 114 valence electrons. The second-order valence-electron chi connectivity index (χ2n) is 5.24. The van der Waals surface area contributed by atoms with Crippen LogP contribution in [0.4, 0.5) is 10.1 Å². The van der Waals surface area contributed by atoms with E-state index in [1.807, 2.05) is 40.1 Å². The van der Waals surface area contributed by atoms with Crippen LogP contribution in [-0.4, -0.2) is 37.0 Å². The van der Waals surface area contributed by atoms with Crippen LogP contribution in [0.3, 0.4) is 0 Å². The summed E-state index contributed by atoms with van der Waals surface area (Å²) in [6.45, 7) is 2.48. The highest BCUT2D eigenvalue weighted by molar-refractivity contribution is 9.10. The van der Waals surface area contributed by atoms with Gasteiger partial charge in [-0.1, -0.05) is 28.1 Å². The van der Waals surface area contributed by atoms with E-state index in [1.165, 1.54) is 6.07 Å². The Balaban J connectivity index is 1.65. The fraction of sp³-hybridized carbons (Fsp3) is 0.235. The van der Waals surface area contributed by atoms with Crippen LogP contribution in [0.2, 0.25) is 0 Å². The summed E-state index contributed by atoms with van der Waals surface area (Å²) >= 11 is 3.36. The van der Waals surface area contributed by atoms with E-state index in [0.717, 1.165) is 4.47 Å². The summed E-state index contributed by atoms with van der Waals surface area (Å²) in [4.78, 5) is 16.2. The molecule has 0 saturated carbocycles. The molecule has 0 unspecified atom stereocenters. The fourth-order valence-corrected chi connectivity index (χ4v) is 2.90. The zero-order valence-corrected chi connectivity index (χ0v) is 13.6. The molecule has 1 amide bonds. The Labute approximate surface area is 137 Å². The summed E-state index contributed by atoms with van der Waals surface area (Å²) in [5.41, 5.74) is 1.29. The normalized spacial score (nSPS) is 15.0. The van der Waals surface area contributed by atoms with E-state index < -0.39 is 0 Å². The molecule has 22 heavy (non-hydrogen) atoms. The summed E-state index contributed by atoms with van der Waals surface area (Å²) in [6, 6.07) is 14.1. The van der Waals surface area contributed by atoms with Crippen molar-refractivity contribution in [2.45, 2.75) is 0 Å². The molecule has 0 radical (unpaired) electrons. The van der Waals surface area contributed by atoms with Gasteiger partial charge in [-0.3, -0.25) is 4.79 Å². The van der Waals surface area contributed by atoms with Crippen molar-refractivity contribution >= 4 is 27.5 Å². The number of carbonyl (C=O) groups excluding carboxylic acids is 1. The van der Waals surface area contributed by atoms with E-state index in [0.29, 0.717) is 37.4 Å². The van der Waals surface area contributed by atoms with Gasteiger partial charge in [-0.05, 0) is 36.4 Å². The lowest BCUT2D eigenvalue weighted by Crippen LogP contribution is -2.49. The Morgan fingerprint density at radius 3 is 2.23 bits per heavy atom. The highest BCUT2D eigenvalue weighted by atomic mass is 79.9. The molecule has 3 nitrogen and oxygen atoms in total. The van der Waals surface area contributed by atoms with E-state index in [4.69, 9.17) is 0 Å². The third kappa shape index (κ3) is 3.14. The topological polar surface area (TPSA) is 23.6 Å². The first-order chi connectivity index (χ1) is 10.6. The summed E-state index contributed by atoms with van der Waals surface area (Å²) in [7, 11) is 0. The van der Waals surface area contributed by atoms with Crippen molar-refractivity contribution in [3.05, 3.63) is 64.4 Å². The number of hydrogen-bond acceptors (Lipinski definition) is 2. The third-order valence-corrected chi connectivity index (χ3v) is 4.38. The number of nitrogens with zero attached hydrogens (tertiary/aromatic N) is 2. The Morgan fingerprint density at radius 1 is 0.955 bits per heavy atom. The molecule has 1 saturated heterocycles. The summed E-state index contributed by atoms with van der Waals surface area (Å²) in [5.74, 6) is -0.184. The molecule has 0 N–H and O–H groups in total. The van der Waals surface area contributed by atoms with Crippen molar-refractivity contribution in [1.82, 2.24) is 4.90 Å². The maximum Gasteiger partial charge on any atom is 0.253 e. The molecular weight excluding hydrogens is 347 g/mol. The lowest BCUT2D eigenvalue weighted by molar-refractivity contribution is 0.0746. The monoisotopic (exact) mass is 362 g/mol. The minimum Gasteiger partial charge on any atom is -0.366 e. The molecule has 2 aromatic carbocycles. The molecule has 1 heterocycles. The molecule has 0 bridgehead atoms. The van der Waals surface area contributed by atoms with Gasteiger partial charge in [0.1, 0.15) is 5.82 Å². The van der Waals surface area contributed by atoms with Crippen LogP contribution in [0, 0.1) is 5.82 Å². The highest BCUT2D eigenvalue weighted by Crippen LogP contribution is 2.21. The molecule has 1 aliphatic heterocycles. The first-order valence-corrected chi connectivity index (χ1v) is 7.99. The van der Waals surface area contributed by atoms with Gasteiger partial charge in [0.25, 0.3) is 5.91 Å². The predicted molar refractivity (Wildman–Crippen MR) is 88.7 cm³/mol. The van der Waals surface area contributed by atoms with E-state index in [1.54, 1.807) is 12.1 Å². The van der Waals surface area contributed by atoms with Gasteiger partial charge in [0.15, 0.2) is 0 Å². The van der Waals surface area contributed by atoms with Crippen molar-refractivity contribution in [2.75, 3.05) is 31.1 Å². The molecule has 1 aliphatic rings. The molecule has 2 aromatic rings. The van der Waals surface area contributed by atoms with Crippen LogP contribution < -0.4 is 4.90 Å². The number of anilines is 1. The Bertz CT molecular complexity index is 667. The maximum atomic E-state index is 13.8. The number of hydrogen-bond donors (Lipinski definition) is 0. The quantitative estimate of drug-likeness (QED) is 0.815. The van der Waals surface area contributed by atoms with Crippen molar-refractivity contribution in [1.29, 1.82) is 0 Å². The van der Waals surface area contributed by atoms with Gasteiger partial charge in [-0.15, -0.1) is 0 Å². The number of halogens is 2. The van der Waals surface area contributed by atoms with Crippen LogP contribution in [-0.2, 0) is 0 Å². The summed E-state index contributed by atoms with van der Waals surface area (Å²) in [5, 5.41) is 0. The lowest BCUT2D eigenvalue weighted by Gasteiger charge is -2.36. The minimum absolute atomic E-state index is 0.0284. The van der Waals surface area contributed by atoms with Crippen LogP contribution in [0.15, 0.2) is 53.0 Å². The van der Waals surface area contributed by atoms with Crippen molar-refractivity contribution < 1.29 is 9.18 Å². The van der Waals surface area contributed by atoms with Crippen LogP contribution in [0.1, 0.15) is 10.4 Å². The van der Waals surface area contributed by atoms with E-state index in [2.05, 4.69) is 15.9 Å². The lowest BCUT2D eigenvalue weighted by atomic mass is 10.1. The third-order valence-electron chi connectivity index (χ3n) is 3.85. The van der Waals surface area contributed by atoms with Gasteiger partial charge in [0, 0.05) is 36.2 Å². The molecule has 0 aliphatic carbocycles. The Kier molecular flexibility index (Phi) is 4.43. The zero-order valence-electron chi connectivity index (χ0n) is 12.0. The molecule has 3 rings (SSSR count). The number of benzene rings is 2. The van der Waals surface area contributed by atoms with Crippen molar-refractivity contribution in [3.8, 4) is 0 Å². The SMILES string of the molecule is O=C(c1ccc(Br)cc1)N1CCN(c2ccccc2F)CC1. The first-order valence-electron chi connectivity index (χ1n) is 7.19. The predicted octanol–water partition coefficient (Wildman–Crippen LogP) is 3.55.